The lowest BCUT2D eigenvalue weighted by atomic mass is 10.0. The third kappa shape index (κ3) is 6.41. The molecule has 1 atom stereocenters. The number of aryl methyl sites for hydroxylation is 1. The molecule has 6 rings (SSSR count). The maximum absolute atomic E-state index is 13.1. The first kappa shape index (κ1) is 28.1. The van der Waals surface area contributed by atoms with Crippen molar-refractivity contribution in [2.75, 3.05) is 36.4 Å². The van der Waals surface area contributed by atoms with Gasteiger partial charge in [0.15, 0.2) is 0 Å². The maximum Gasteiger partial charge on any atom is 0.291 e. The van der Waals surface area contributed by atoms with E-state index in [2.05, 4.69) is 53.7 Å². The lowest BCUT2D eigenvalue weighted by Gasteiger charge is -2.36. The highest BCUT2D eigenvalue weighted by Crippen LogP contribution is 2.26. The smallest absolute Gasteiger partial charge is 0.291 e. The monoisotopic (exact) mass is 604 g/mol. The van der Waals surface area contributed by atoms with Crippen molar-refractivity contribution in [1.82, 2.24) is 30.0 Å². The molecule has 0 saturated carbocycles. The van der Waals surface area contributed by atoms with Gasteiger partial charge in [0.2, 0.25) is 11.7 Å². The van der Waals surface area contributed by atoms with Crippen LogP contribution in [0.5, 0.6) is 0 Å². The summed E-state index contributed by atoms with van der Waals surface area (Å²) in [6.07, 6.45) is 6.21. The average Bonchev–Trinajstić information content (AvgIpc) is 3.41. The van der Waals surface area contributed by atoms with Gasteiger partial charge in [-0.1, -0.05) is 41.4 Å². The van der Waals surface area contributed by atoms with Crippen LogP contribution in [0, 0.1) is 0 Å². The van der Waals surface area contributed by atoms with E-state index in [0.717, 1.165) is 49.5 Å². The van der Waals surface area contributed by atoms with Gasteiger partial charge in [0.1, 0.15) is 12.4 Å². The van der Waals surface area contributed by atoms with E-state index in [-0.39, 0.29) is 18.3 Å². The Morgan fingerprint density at radius 1 is 1.00 bits per heavy atom. The standard InChI is InChI=1S/C30H30Cl2N8O2/c31-24-2-1-3-25(32)23(24)18-40-19-34-28(37-40)30(42)35-26-7-6-21-5-4-20(16-27(21)36-29(26)41)17-38-12-14-39(15-13-38)22-8-10-33-11-9-22/h1-5,8-11,16,19,26H,6-7,12-15,17-18H2,(H,35,42)(H,36,41)/t26-/m0/s1. The minimum absolute atomic E-state index is 0.0287. The SMILES string of the molecule is O=C(N[C@H]1CCc2ccc(CN3CCN(c4ccncc4)CC3)cc2NC1=O)c1ncn(Cc2c(Cl)cccc2Cl)n1. The van der Waals surface area contributed by atoms with Gasteiger partial charge in [0.25, 0.3) is 5.91 Å². The molecule has 0 radical (unpaired) electrons. The summed E-state index contributed by atoms with van der Waals surface area (Å²) in [6.45, 7) is 4.88. The molecule has 12 heteroatoms. The van der Waals surface area contributed by atoms with E-state index in [1.54, 1.807) is 18.2 Å². The van der Waals surface area contributed by atoms with Gasteiger partial charge in [-0.05, 0) is 54.3 Å². The molecule has 4 aromatic rings. The lowest BCUT2D eigenvalue weighted by molar-refractivity contribution is -0.118. The molecule has 0 bridgehead atoms. The summed E-state index contributed by atoms with van der Waals surface area (Å²) in [4.78, 5) is 39.1. The highest BCUT2D eigenvalue weighted by Gasteiger charge is 2.27. The van der Waals surface area contributed by atoms with Gasteiger partial charge in [-0.3, -0.25) is 19.5 Å². The molecule has 216 valence electrons. The summed E-state index contributed by atoms with van der Waals surface area (Å²) in [6, 6.07) is 14.9. The number of halogens is 2. The number of fused-ring (bicyclic) bond motifs is 1. The minimum atomic E-state index is -0.709. The summed E-state index contributed by atoms with van der Waals surface area (Å²) in [5.41, 5.74) is 4.87. The van der Waals surface area contributed by atoms with Crippen LogP contribution >= 0.6 is 23.2 Å². The third-order valence-electron chi connectivity index (χ3n) is 7.68. The molecule has 0 aliphatic carbocycles. The van der Waals surface area contributed by atoms with E-state index in [4.69, 9.17) is 23.2 Å². The summed E-state index contributed by atoms with van der Waals surface area (Å²) < 4.78 is 1.49. The summed E-state index contributed by atoms with van der Waals surface area (Å²) >= 11 is 12.5. The van der Waals surface area contributed by atoms with Gasteiger partial charge in [-0.25, -0.2) is 9.67 Å². The van der Waals surface area contributed by atoms with E-state index in [1.807, 2.05) is 24.5 Å². The summed E-state index contributed by atoms with van der Waals surface area (Å²) in [5, 5.41) is 11.1. The third-order valence-corrected chi connectivity index (χ3v) is 8.39. The van der Waals surface area contributed by atoms with E-state index >= 15 is 0 Å². The van der Waals surface area contributed by atoms with Crippen LogP contribution < -0.4 is 15.5 Å². The number of nitrogens with zero attached hydrogens (tertiary/aromatic N) is 6. The normalized spacial score (nSPS) is 17.3. The Morgan fingerprint density at radius 3 is 2.52 bits per heavy atom. The van der Waals surface area contributed by atoms with Crippen LogP contribution in [0.25, 0.3) is 0 Å². The van der Waals surface area contributed by atoms with E-state index in [0.29, 0.717) is 28.5 Å². The Bertz CT molecular complexity index is 1570. The number of aromatic nitrogens is 4. The van der Waals surface area contributed by atoms with Crippen molar-refractivity contribution in [2.45, 2.75) is 32.0 Å². The molecule has 1 saturated heterocycles. The van der Waals surface area contributed by atoms with Crippen molar-refractivity contribution in [3.8, 4) is 0 Å². The fourth-order valence-corrected chi connectivity index (χ4v) is 5.88. The van der Waals surface area contributed by atoms with Crippen molar-refractivity contribution >= 4 is 46.4 Å². The van der Waals surface area contributed by atoms with Crippen molar-refractivity contribution in [2.24, 2.45) is 0 Å². The number of carbonyl (C=O) groups excluding carboxylic acids is 2. The highest BCUT2D eigenvalue weighted by molar-refractivity contribution is 6.36. The summed E-state index contributed by atoms with van der Waals surface area (Å²) in [5.74, 6) is -0.803. The van der Waals surface area contributed by atoms with E-state index in [1.165, 1.54) is 16.7 Å². The predicted molar refractivity (Wildman–Crippen MR) is 162 cm³/mol. The lowest BCUT2D eigenvalue weighted by Crippen LogP contribution is -2.46. The highest BCUT2D eigenvalue weighted by atomic mass is 35.5. The second kappa shape index (κ2) is 12.5. The molecule has 42 heavy (non-hydrogen) atoms. The van der Waals surface area contributed by atoms with E-state index in [9.17, 15) is 9.59 Å². The van der Waals surface area contributed by atoms with Crippen LogP contribution in [0.15, 0.2) is 67.3 Å². The fraction of sp³-hybridized carbons (Fsp3) is 0.300. The van der Waals surface area contributed by atoms with Gasteiger partial charge >= 0.3 is 0 Å². The number of amides is 2. The Hall–Kier alpha value is -3.99. The second-order valence-electron chi connectivity index (χ2n) is 10.5. The molecule has 2 aromatic heterocycles. The predicted octanol–water partition coefficient (Wildman–Crippen LogP) is 4.03. The van der Waals surface area contributed by atoms with Crippen LogP contribution in [-0.4, -0.2) is 68.7 Å². The maximum atomic E-state index is 13.1. The van der Waals surface area contributed by atoms with Gasteiger partial charge in [-0.2, -0.15) is 0 Å². The van der Waals surface area contributed by atoms with Crippen LogP contribution in [0.2, 0.25) is 10.0 Å². The zero-order valence-electron chi connectivity index (χ0n) is 22.8. The van der Waals surface area contributed by atoms with Crippen LogP contribution in [0.4, 0.5) is 11.4 Å². The van der Waals surface area contributed by atoms with Crippen LogP contribution in [-0.2, 0) is 24.3 Å². The first-order chi connectivity index (χ1) is 20.4. The quantitative estimate of drug-likeness (QED) is 0.328. The summed E-state index contributed by atoms with van der Waals surface area (Å²) in [7, 11) is 0. The Morgan fingerprint density at radius 2 is 1.76 bits per heavy atom. The topological polar surface area (TPSA) is 108 Å². The van der Waals surface area contributed by atoms with Crippen LogP contribution in [0.1, 0.15) is 33.7 Å². The van der Waals surface area contributed by atoms with Crippen molar-refractivity contribution < 1.29 is 9.59 Å². The number of nitrogens with one attached hydrogen (secondary N) is 2. The molecule has 2 amide bonds. The molecule has 2 aliphatic heterocycles. The zero-order valence-corrected chi connectivity index (χ0v) is 24.4. The fourth-order valence-electron chi connectivity index (χ4n) is 5.37. The number of rotatable bonds is 7. The molecule has 4 heterocycles. The average molecular weight is 606 g/mol. The Kier molecular flexibility index (Phi) is 8.36. The van der Waals surface area contributed by atoms with Gasteiger partial charge in [-0.15, -0.1) is 5.10 Å². The number of anilines is 2. The minimum Gasteiger partial charge on any atom is -0.369 e. The molecular weight excluding hydrogens is 575 g/mol. The Labute approximate surface area is 253 Å². The molecule has 0 spiro atoms. The largest absolute Gasteiger partial charge is 0.369 e. The van der Waals surface area contributed by atoms with E-state index < -0.39 is 11.9 Å². The number of carbonyl (C=O) groups is 2. The molecule has 10 nitrogen and oxygen atoms in total. The second-order valence-corrected chi connectivity index (χ2v) is 11.3. The van der Waals surface area contributed by atoms with Crippen molar-refractivity contribution in [3.05, 3.63) is 99.8 Å². The molecule has 2 aliphatic rings. The Balaban J connectivity index is 1.04. The number of piperazine rings is 1. The van der Waals surface area contributed by atoms with Crippen LogP contribution in [0.3, 0.4) is 0 Å². The van der Waals surface area contributed by atoms with Gasteiger partial charge in [0.05, 0.1) is 6.54 Å². The van der Waals surface area contributed by atoms with Gasteiger partial charge < -0.3 is 15.5 Å². The number of hydrogen-bond acceptors (Lipinski definition) is 7. The molecule has 2 aromatic carbocycles. The van der Waals surface area contributed by atoms with Gasteiger partial charge in [0, 0.05) is 72.1 Å². The molecule has 1 fully saturated rings. The number of hydrogen-bond donors (Lipinski definition) is 2. The first-order valence-corrected chi connectivity index (χ1v) is 14.6. The molecule has 0 unspecified atom stereocenters. The van der Waals surface area contributed by atoms with Crippen molar-refractivity contribution in [1.29, 1.82) is 0 Å². The number of pyridine rings is 1. The number of benzene rings is 2. The molecule has 2 N–H and O–H groups in total. The first-order valence-electron chi connectivity index (χ1n) is 13.9. The zero-order chi connectivity index (χ0) is 29.1. The molecular formula is C30H30Cl2N8O2. The van der Waals surface area contributed by atoms with Crippen molar-refractivity contribution in [3.63, 3.8) is 0 Å².